The second-order valence-electron chi connectivity index (χ2n) is 8.60. The zero-order valence-electron chi connectivity index (χ0n) is 18.0. The van der Waals surface area contributed by atoms with Gasteiger partial charge in [0, 0.05) is 37.3 Å². The topological polar surface area (TPSA) is 65.5 Å². The average Bonchev–Trinajstić information content (AvgIpc) is 3.54. The predicted molar refractivity (Wildman–Crippen MR) is 117 cm³/mol. The number of nitrogens with one attached hydrogen (secondary N) is 1. The molecule has 174 valence electrons. The van der Waals surface area contributed by atoms with E-state index in [1.54, 1.807) is 24.3 Å². The van der Waals surface area contributed by atoms with E-state index >= 15 is 0 Å². The van der Waals surface area contributed by atoms with E-state index < -0.39 is 23.4 Å². The quantitative estimate of drug-likeness (QED) is 0.565. The Labute approximate surface area is 190 Å². The predicted octanol–water partition coefficient (Wildman–Crippen LogP) is 4.55. The second kappa shape index (κ2) is 9.67. The molecular formula is C23H27ClF3N3O2. The Morgan fingerprint density at radius 3 is 2.44 bits per heavy atom. The van der Waals surface area contributed by atoms with Gasteiger partial charge in [0.05, 0.1) is 10.4 Å². The first-order valence-corrected chi connectivity index (χ1v) is 10.8. The zero-order chi connectivity index (χ0) is 23.5. The van der Waals surface area contributed by atoms with Crippen LogP contribution in [0.3, 0.4) is 0 Å². The van der Waals surface area contributed by atoms with Crippen molar-refractivity contribution in [1.82, 2.24) is 15.2 Å². The molecule has 1 heterocycles. The number of hydrogen-bond donors (Lipinski definition) is 2. The maximum Gasteiger partial charge on any atom is 0.395 e. The number of aromatic nitrogens is 1. The van der Waals surface area contributed by atoms with Gasteiger partial charge in [-0.05, 0) is 68.8 Å². The minimum Gasteiger partial charge on any atom is -0.506 e. The lowest BCUT2D eigenvalue weighted by Gasteiger charge is -2.30. The molecule has 1 fully saturated rings. The number of carbonyl (C=O) groups is 1. The number of benzene rings is 1. The number of amides is 1. The number of hydrogen-bond acceptors (Lipinski definition) is 4. The van der Waals surface area contributed by atoms with E-state index in [2.05, 4.69) is 10.3 Å². The molecule has 1 aliphatic rings. The molecule has 0 spiro atoms. The molecule has 2 aromatic rings. The van der Waals surface area contributed by atoms with Crippen molar-refractivity contribution in [3.63, 3.8) is 0 Å². The van der Waals surface area contributed by atoms with E-state index in [9.17, 15) is 23.1 Å². The van der Waals surface area contributed by atoms with Gasteiger partial charge in [-0.25, -0.2) is 0 Å². The summed E-state index contributed by atoms with van der Waals surface area (Å²) < 4.78 is 41.5. The minimum atomic E-state index is -4.37. The Morgan fingerprint density at radius 2 is 1.91 bits per heavy atom. The highest BCUT2D eigenvalue weighted by Gasteiger charge is 2.67. The molecule has 2 N–H and O–H groups in total. The maximum atomic E-state index is 13.8. The van der Waals surface area contributed by atoms with Crippen molar-refractivity contribution in [2.45, 2.75) is 43.8 Å². The van der Waals surface area contributed by atoms with Crippen LogP contribution in [0.5, 0.6) is 5.75 Å². The minimum absolute atomic E-state index is 0.00838. The molecule has 1 unspecified atom stereocenters. The Kier molecular flexibility index (Phi) is 7.35. The molecule has 0 aliphatic heterocycles. The summed E-state index contributed by atoms with van der Waals surface area (Å²) in [5, 5.41) is 12.6. The van der Waals surface area contributed by atoms with Crippen LogP contribution in [0.2, 0.25) is 5.02 Å². The molecule has 3 rings (SSSR count). The Morgan fingerprint density at radius 1 is 1.25 bits per heavy atom. The molecule has 1 saturated carbocycles. The number of phenols is 1. The monoisotopic (exact) mass is 469 g/mol. The lowest BCUT2D eigenvalue weighted by atomic mass is 9.80. The highest BCUT2D eigenvalue weighted by Crippen LogP contribution is 2.66. The fraction of sp³-hybridized carbons (Fsp3) is 0.478. The fourth-order valence-corrected chi connectivity index (χ4v) is 4.27. The van der Waals surface area contributed by atoms with E-state index in [1.165, 1.54) is 18.5 Å². The van der Waals surface area contributed by atoms with Gasteiger partial charge in [-0.3, -0.25) is 9.78 Å². The van der Waals surface area contributed by atoms with Gasteiger partial charge in [0.15, 0.2) is 0 Å². The number of nitrogens with zero attached hydrogens (tertiary/aromatic N) is 2. The van der Waals surface area contributed by atoms with Gasteiger partial charge in [-0.15, -0.1) is 0 Å². The molecule has 5 nitrogen and oxygen atoms in total. The largest absolute Gasteiger partial charge is 0.506 e. The summed E-state index contributed by atoms with van der Waals surface area (Å²) >= 11 is 5.98. The molecule has 1 amide bonds. The molecule has 1 aromatic heterocycles. The fourth-order valence-electron chi connectivity index (χ4n) is 4.07. The zero-order valence-corrected chi connectivity index (χ0v) is 18.7. The number of aromatic hydroxyl groups is 1. The van der Waals surface area contributed by atoms with Crippen LogP contribution >= 0.6 is 11.6 Å². The normalized spacial score (nSPS) is 17.1. The number of alkyl halides is 3. The summed E-state index contributed by atoms with van der Waals surface area (Å²) in [6.45, 7) is 0.270. The van der Waals surface area contributed by atoms with Gasteiger partial charge >= 0.3 is 6.18 Å². The molecular weight excluding hydrogens is 443 g/mol. The van der Waals surface area contributed by atoms with Gasteiger partial charge < -0.3 is 15.3 Å². The van der Waals surface area contributed by atoms with Crippen molar-refractivity contribution in [3.8, 4) is 5.75 Å². The van der Waals surface area contributed by atoms with Crippen molar-refractivity contribution in [2.24, 2.45) is 5.41 Å². The van der Waals surface area contributed by atoms with Crippen LogP contribution < -0.4 is 5.32 Å². The van der Waals surface area contributed by atoms with Crippen LogP contribution in [0.1, 0.15) is 36.3 Å². The average molecular weight is 470 g/mol. The van der Waals surface area contributed by atoms with Crippen molar-refractivity contribution < 1.29 is 23.1 Å². The number of pyridine rings is 1. The molecule has 32 heavy (non-hydrogen) atoms. The third-order valence-corrected chi connectivity index (χ3v) is 6.57. The van der Waals surface area contributed by atoms with Crippen LogP contribution in [0.4, 0.5) is 13.2 Å². The summed E-state index contributed by atoms with van der Waals surface area (Å²) in [5.74, 6) is -1.37. The Bertz CT molecular complexity index is 934. The van der Waals surface area contributed by atoms with Gasteiger partial charge in [0.1, 0.15) is 5.75 Å². The van der Waals surface area contributed by atoms with Gasteiger partial charge in [0.2, 0.25) is 5.91 Å². The molecule has 2 atom stereocenters. The first kappa shape index (κ1) is 24.3. The smallest absolute Gasteiger partial charge is 0.395 e. The van der Waals surface area contributed by atoms with Crippen molar-refractivity contribution in [2.75, 3.05) is 20.6 Å². The van der Waals surface area contributed by atoms with Gasteiger partial charge in [0.25, 0.3) is 0 Å². The van der Waals surface area contributed by atoms with E-state index in [4.69, 9.17) is 11.6 Å². The first-order chi connectivity index (χ1) is 15.0. The third kappa shape index (κ3) is 5.53. The maximum absolute atomic E-state index is 13.8. The van der Waals surface area contributed by atoms with Gasteiger partial charge in [-0.2, -0.15) is 13.2 Å². The van der Waals surface area contributed by atoms with Crippen LogP contribution in [0, 0.1) is 5.41 Å². The molecule has 0 radical (unpaired) electrons. The second-order valence-corrected chi connectivity index (χ2v) is 9.01. The lowest BCUT2D eigenvalue weighted by molar-refractivity contribution is -0.194. The van der Waals surface area contributed by atoms with Crippen LogP contribution in [0.15, 0.2) is 42.7 Å². The number of carbonyl (C=O) groups excluding carboxylic acids is 1. The van der Waals surface area contributed by atoms with E-state index in [0.29, 0.717) is 12.0 Å². The summed E-state index contributed by atoms with van der Waals surface area (Å²) in [5.41, 5.74) is -0.493. The van der Waals surface area contributed by atoms with Gasteiger partial charge in [-0.1, -0.05) is 17.7 Å². The van der Waals surface area contributed by atoms with Crippen molar-refractivity contribution in [1.29, 1.82) is 0 Å². The highest BCUT2D eigenvalue weighted by molar-refractivity contribution is 6.32. The Balaban J connectivity index is 1.68. The van der Waals surface area contributed by atoms with Crippen LogP contribution in [-0.2, 0) is 11.2 Å². The number of halogens is 4. The number of phenolic OH excluding ortho intramolecular Hbond substituents is 1. The summed E-state index contributed by atoms with van der Waals surface area (Å²) in [7, 11) is 3.73. The molecule has 0 bridgehead atoms. The number of likely N-dealkylation sites (N-methyl/N-ethyl adjacent to an activating group) is 1. The standard InChI is InChI=1S/C23H27ClF3N3O2/c1-30(2)17(11-15-3-4-20(31)19(24)12-15)14-29-21(32)13-18(16-5-9-28-10-6-16)22(7-8-22)23(25,26)27/h3-6,9-10,12,17-18,31H,7-8,11,13-14H2,1-2H3,(H,29,32)/t17-,18?/m0/s1. The van der Waals surface area contributed by atoms with E-state index in [-0.39, 0.29) is 42.6 Å². The highest BCUT2D eigenvalue weighted by atomic mass is 35.5. The number of rotatable bonds is 9. The summed E-state index contributed by atoms with van der Waals surface area (Å²) in [6, 6.07) is 7.93. The SMILES string of the molecule is CN(C)[C@H](CNC(=O)CC(c1ccncc1)C1(C(F)(F)F)CC1)Cc1ccc(O)c(Cl)c1. The summed E-state index contributed by atoms with van der Waals surface area (Å²) in [6.07, 6.45) is -1.10. The summed E-state index contributed by atoms with van der Waals surface area (Å²) in [4.78, 5) is 18.6. The third-order valence-electron chi connectivity index (χ3n) is 6.27. The van der Waals surface area contributed by atoms with Crippen molar-refractivity contribution >= 4 is 17.5 Å². The Hall–Kier alpha value is -2.32. The van der Waals surface area contributed by atoms with E-state index in [0.717, 1.165) is 5.56 Å². The molecule has 1 aliphatic carbocycles. The molecule has 9 heteroatoms. The van der Waals surface area contributed by atoms with Crippen LogP contribution in [-0.4, -0.2) is 53.8 Å². The van der Waals surface area contributed by atoms with Crippen molar-refractivity contribution in [3.05, 3.63) is 58.9 Å². The van der Waals surface area contributed by atoms with Crippen LogP contribution in [0.25, 0.3) is 0 Å². The molecule has 0 saturated heterocycles. The lowest BCUT2D eigenvalue weighted by Crippen LogP contribution is -2.42. The first-order valence-electron chi connectivity index (χ1n) is 10.4. The van der Waals surface area contributed by atoms with E-state index in [1.807, 2.05) is 19.0 Å². The molecule has 1 aromatic carbocycles.